The van der Waals surface area contributed by atoms with Crippen LogP contribution in [-0.4, -0.2) is 27.1 Å². The lowest BCUT2D eigenvalue weighted by Gasteiger charge is -2.22. The molecule has 0 unspecified atom stereocenters. The molecular weight excluding hydrogens is 242 g/mol. The molecule has 0 aliphatic rings. The number of fused-ring (bicyclic) bond motifs is 1. The highest BCUT2D eigenvalue weighted by atomic mass is 16.5. The standard InChI is InChI=1S/C14H19N3O2/c1-5-17-11-10(8-7-9-15-11)16-12(17)14(3,4)13(18)19-6-2/h7-9H,5-6H2,1-4H3. The molecule has 0 saturated heterocycles. The normalized spacial score (nSPS) is 11.8. The molecule has 5 nitrogen and oxygen atoms in total. The summed E-state index contributed by atoms with van der Waals surface area (Å²) in [4.78, 5) is 21.0. The molecule has 0 N–H and O–H groups in total. The average Bonchev–Trinajstić information content (AvgIpc) is 2.78. The first-order valence-corrected chi connectivity index (χ1v) is 6.51. The average molecular weight is 261 g/mol. The lowest BCUT2D eigenvalue weighted by molar-refractivity contribution is -0.149. The summed E-state index contributed by atoms with van der Waals surface area (Å²) in [6.45, 7) is 8.56. The Morgan fingerprint density at radius 1 is 1.42 bits per heavy atom. The fraction of sp³-hybridized carbons (Fsp3) is 0.500. The van der Waals surface area contributed by atoms with Crippen LogP contribution in [0.25, 0.3) is 11.2 Å². The van der Waals surface area contributed by atoms with Crippen LogP contribution in [0.1, 0.15) is 33.5 Å². The van der Waals surface area contributed by atoms with E-state index in [0.717, 1.165) is 11.2 Å². The van der Waals surface area contributed by atoms with Crippen LogP contribution in [0.5, 0.6) is 0 Å². The second-order valence-corrected chi connectivity index (χ2v) is 4.87. The molecule has 102 valence electrons. The molecule has 2 rings (SSSR count). The van der Waals surface area contributed by atoms with E-state index in [1.165, 1.54) is 0 Å². The van der Waals surface area contributed by atoms with Gasteiger partial charge < -0.3 is 9.30 Å². The van der Waals surface area contributed by atoms with Crippen molar-refractivity contribution in [3.05, 3.63) is 24.2 Å². The molecular formula is C14H19N3O2. The van der Waals surface area contributed by atoms with E-state index in [9.17, 15) is 4.79 Å². The van der Waals surface area contributed by atoms with Gasteiger partial charge in [-0.2, -0.15) is 0 Å². The van der Waals surface area contributed by atoms with Crippen LogP contribution in [0.3, 0.4) is 0 Å². The molecule has 0 atom stereocenters. The van der Waals surface area contributed by atoms with Crippen LogP contribution in [0.2, 0.25) is 0 Å². The number of pyridine rings is 1. The van der Waals surface area contributed by atoms with Crippen LogP contribution >= 0.6 is 0 Å². The summed E-state index contributed by atoms with van der Waals surface area (Å²) in [5.74, 6) is 0.433. The molecule has 0 fully saturated rings. The van der Waals surface area contributed by atoms with Gasteiger partial charge in [-0.05, 0) is 39.8 Å². The van der Waals surface area contributed by atoms with Crippen LogP contribution in [0.4, 0.5) is 0 Å². The Morgan fingerprint density at radius 3 is 2.79 bits per heavy atom. The van der Waals surface area contributed by atoms with Gasteiger partial charge in [-0.3, -0.25) is 4.79 Å². The summed E-state index contributed by atoms with van der Waals surface area (Å²) in [5, 5.41) is 0. The van der Waals surface area contributed by atoms with E-state index >= 15 is 0 Å². The highest BCUT2D eigenvalue weighted by Crippen LogP contribution is 2.27. The van der Waals surface area contributed by atoms with Crippen LogP contribution in [0.15, 0.2) is 18.3 Å². The van der Waals surface area contributed by atoms with E-state index in [4.69, 9.17) is 4.74 Å². The van der Waals surface area contributed by atoms with Crippen molar-refractivity contribution in [2.45, 2.75) is 39.7 Å². The molecule has 19 heavy (non-hydrogen) atoms. The maximum absolute atomic E-state index is 12.1. The number of aryl methyl sites for hydroxylation is 1. The van der Waals surface area contributed by atoms with Gasteiger partial charge in [-0.25, -0.2) is 9.97 Å². The predicted molar refractivity (Wildman–Crippen MR) is 72.9 cm³/mol. The predicted octanol–water partition coefficient (Wildman–Crippen LogP) is 2.29. The first-order valence-electron chi connectivity index (χ1n) is 6.51. The maximum Gasteiger partial charge on any atom is 0.319 e. The van der Waals surface area contributed by atoms with E-state index in [2.05, 4.69) is 9.97 Å². The highest BCUT2D eigenvalue weighted by molar-refractivity contribution is 5.83. The van der Waals surface area contributed by atoms with Gasteiger partial charge in [-0.15, -0.1) is 0 Å². The Morgan fingerprint density at radius 2 is 2.16 bits per heavy atom. The van der Waals surface area contributed by atoms with Gasteiger partial charge in [0.25, 0.3) is 0 Å². The van der Waals surface area contributed by atoms with Gasteiger partial charge in [-0.1, -0.05) is 0 Å². The van der Waals surface area contributed by atoms with E-state index in [1.807, 2.05) is 37.5 Å². The summed E-state index contributed by atoms with van der Waals surface area (Å²) >= 11 is 0. The SMILES string of the molecule is CCOC(=O)C(C)(C)c1nc2cccnc2n1CC. The van der Waals surface area contributed by atoms with Crippen LogP contribution in [0, 0.1) is 0 Å². The van der Waals surface area contributed by atoms with Gasteiger partial charge in [0.1, 0.15) is 16.8 Å². The first-order chi connectivity index (χ1) is 9.02. The molecule has 0 spiro atoms. The van der Waals surface area contributed by atoms with Crippen LogP contribution in [-0.2, 0) is 21.5 Å². The first kappa shape index (κ1) is 13.5. The van der Waals surface area contributed by atoms with Crippen molar-refractivity contribution < 1.29 is 9.53 Å². The molecule has 0 amide bonds. The maximum atomic E-state index is 12.1. The molecule has 0 saturated carbocycles. The van der Waals surface area contributed by atoms with Crippen molar-refractivity contribution in [3.63, 3.8) is 0 Å². The topological polar surface area (TPSA) is 57.0 Å². The minimum atomic E-state index is -0.785. The largest absolute Gasteiger partial charge is 0.465 e. The van der Waals surface area contributed by atoms with Crippen molar-refractivity contribution in [2.75, 3.05) is 6.61 Å². The number of nitrogens with zero attached hydrogens (tertiary/aromatic N) is 3. The number of esters is 1. The summed E-state index contributed by atoms with van der Waals surface area (Å²) in [5.41, 5.74) is 0.821. The third-order valence-corrected chi connectivity index (χ3v) is 3.16. The second-order valence-electron chi connectivity index (χ2n) is 4.87. The number of carbonyl (C=O) groups excluding carboxylic acids is 1. The van der Waals surface area contributed by atoms with Gasteiger partial charge in [0.15, 0.2) is 5.65 Å². The number of hydrogen-bond acceptors (Lipinski definition) is 4. The highest BCUT2D eigenvalue weighted by Gasteiger charge is 2.36. The smallest absolute Gasteiger partial charge is 0.319 e. The number of hydrogen-bond donors (Lipinski definition) is 0. The minimum absolute atomic E-state index is 0.264. The molecule has 0 bridgehead atoms. The van der Waals surface area contributed by atoms with E-state index < -0.39 is 5.41 Å². The summed E-state index contributed by atoms with van der Waals surface area (Å²) in [6.07, 6.45) is 1.73. The molecule has 2 aromatic rings. The quantitative estimate of drug-likeness (QED) is 0.792. The second kappa shape index (κ2) is 4.99. The third kappa shape index (κ3) is 2.20. The van der Waals surface area contributed by atoms with Gasteiger partial charge in [0.2, 0.25) is 0 Å². The Labute approximate surface area is 112 Å². The number of imidazole rings is 1. The summed E-state index contributed by atoms with van der Waals surface area (Å²) in [6, 6.07) is 3.75. The minimum Gasteiger partial charge on any atom is -0.465 e. The monoisotopic (exact) mass is 261 g/mol. The summed E-state index contributed by atoms with van der Waals surface area (Å²) < 4.78 is 7.11. The lowest BCUT2D eigenvalue weighted by Crippen LogP contribution is -2.34. The third-order valence-electron chi connectivity index (χ3n) is 3.16. The summed E-state index contributed by atoms with van der Waals surface area (Å²) in [7, 11) is 0. The molecule has 5 heteroatoms. The molecule has 0 radical (unpaired) electrons. The van der Waals surface area contributed by atoms with Crippen molar-refractivity contribution in [1.82, 2.24) is 14.5 Å². The van der Waals surface area contributed by atoms with E-state index in [1.54, 1.807) is 13.1 Å². The van der Waals surface area contributed by atoms with E-state index in [-0.39, 0.29) is 5.97 Å². The zero-order valence-electron chi connectivity index (χ0n) is 11.8. The fourth-order valence-corrected chi connectivity index (χ4v) is 2.14. The number of ether oxygens (including phenoxy) is 1. The Bertz CT molecular complexity index is 602. The van der Waals surface area contributed by atoms with Gasteiger partial charge in [0.05, 0.1) is 6.61 Å². The number of aromatic nitrogens is 3. The van der Waals surface area contributed by atoms with E-state index in [0.29, 0.717) is 19.0 Å². The van der Waals surface area contributed by atoms with Crippen molar-refractivity contribution in [1.29, 1.82) is 0 Å². The zero-order valence-corrected chi connectivity index (χ0v) is 11.8. The lowest BCUT2D eigenvalue weighted by atomic mass is 9.92. The van der Waals surface area contributed by atoms with Crippen LogP contribution < -0.4 is 0 Å². The molecule has 0 aliphatic carbocycles. The zero-order chi connectivity index (χ0) is 14.0. The Balaban J connectivity index is 2.58. The molecule has 2 aromatic heterocycles. The molecule has 2 heterocycles. The van der Waals surface area contributed by atoms with Gasteiger partial charge >= 0.3 is 5.97 Å². The van der Waals surface area contributed by atoms with Gasteiger partial charge in [0, 0.05) is 12.7 Å². The fourth-order valence-electron chi connectivity index (χ4n) is 2.14. The number of carbonyl (C=O) groups is 1. The van der Waals surface area contributed by atoms with Crippen molar-refractivity contribution in [3.8, 4) is 0 Å². The Hall–Kier alpha value is -1.91. The number of rotatable bonds is 4. The van der Waals surface area contributed by atoms with Crippen molar-refractivity contribution in [2.24, 2.45) is 0 Å². The molecule has 0 aromatic carbocycles. The van der Waals surface area contributed by atoms with Crippen molar-refractivity contribution >= 4 is 17.1 Å². The molecule has 0 aliphatic heterocycles. The Kier molecular flexibility index (Phi) is 3.55.